The first-order chi connectivity index (χ1) is 11.5. The van der Waals surface area contributed by atoms with Crippen LogP contribution in [0.5, 0.6) is 0 Å². The number of likely N-dealkylation sites (tertiary alicyclic amines) is 1. The van der Waals surface area contributed by atoms with Crippen LogP contribution in [-0.4, -0.2) is 40.0 Å². The van der Waals surface area contributed by atoms with E-state index in [1.165, 1.54) is 29.3 Å². The number of carbonyl (C=O) groups excluding carboxylic acids is 1. The maximum Gasteiger partial charge on any atom is 0.308 e. The van der Waals surface area contributed by atoms with Crippen LogP contribution < -0.4 is 5.73 Å². The van der Waals surface area contributed by atoms with Gasteiger partial charge >= 0.3 is 5.97 Å². The summed E-state index contributed by atoms with van der Waals surface area (Å²) in [5.74, 6) is -2.46. The van der Waals surface area contributed by atoms with E-state index in [-0.39, 0.29) is 30.7 Å². The third kappa shape index (κ3) is 3.05. The first-order valence-corrected chi connectivity index (χ1v) is 7.45. The van der Waals surface area contributed by atoms with Gasteiger partial charge in [0.1, 0.15) is 11.6 Å². The lowest BCUT2D eigenvalue weighted by atomic mass is 9.89. The number of aliphatic carboxylic acids is 1. The molecule has 0 aliphatic carbocycles. The second-order valence-electron chi connectivity index (χ2n) is 5.78. The number of hydrogen-bond donors (Lipinski definition) is 2. The van der Waals surface area contributed by atoms with Crippen molar-refractivity contribution in [2.45, 2.75) is 5.92 Å². The van der Waals surface area contributed by atoms with Gasteiger partial charge < -0.3 is 15.7 Å². The van der Waals surface area contributed by atoms with Gasteiger partial charge in [0.15, 0.2) is 0 Å². The highest BCUT2D eigenvalue weighted by Gasteiger charge is 2.40. The first-order valence-electron chi connectivity index (χ1n) is 7.45. The van der Waals surface area contributed by atoms with Crippen LogP contribution >= 0.6 is 0 Å². The van der Waals surface area contributed by atoms with E-state index in [1.807, 2.05) is 0 Å². The van der Waals surface area contributed by atoms with Crippen molar-refractivity contribution in [1.82, 2.24) is 9.88 Å². The summed E-state index contributed by atoms with van der Waals surface area (Å²) < 4.78 is 13.1. The summed E-state index contributed by atoms with van der Waals surface area (Å²) in [5.41, 5.74) is 6.57. The van der Waals surface area contributed by atoms with Crippen molar-refractivity contribution in [3.05, 3.63) is 59.5 Å². The molecule has 1 saturated heterocycles. The van der Waals surface area contributed by atoms with Gasteiger partial charge in [-0.2, -0.15) is 0 Å². The summed E-state index contributed by atoms with van der Waals surface area (Å²) in [5, 5.41) is 9.47. The number of benzene rings is 1. The fourth-order valence-electron chi connectivity index (χ4n) is 2.98. The number of hydrogen-bond acceptors (Lipinski definition) is 4. The van der Waals surface area contributed by atoms with Crippen molar-refractivity contribution < 1.29 is 19.1 Å². The zero-order chi connectivity index (χ0) is 17.3. The van der Waals surface area contributed by atoms with E-state index in [4.69, 9.17) is 5.73 Å². The molecule has 0 unspecified atom stereocenters. The van der Waals surface area contributed by atoms with E-state index in [2.05, 4.69) is 4.98 Å². The number of nitrogens with zero attached hydrogens (tertiary/aromatic N) is 2. The van der Waals surface area contributed by atoms with E-state index in [1.54, 1.807) is 18.2 Å². The topological polar surface area (TPSA) is 96.5 Å². The second kappa shape index (κ2) is 6.27. The van der Waals surface area contributed by atoms with E-state index < -0.39 is 11.9 Å². The summed E-state index contributed by atoms with van der Waals surface area (Å²) >= 11 is 0. The largest absolute Gasteiger partial charge is 0.481 e. The van der Waals surface area contributed by atoms with Crippen molar-refractivity contribution in [1.29, 1.82) is 0 Å². The fraction of sp³-hybridized carbons (Fsp3) is 0.235. The molecule has 6 nitrogen and oxygen atoms in total. The van der Waals surface area contributed by atoms with Gasteiger partial charge in [-0.05, 0) is 29.8 Å². The van der Waals surface area contributed by atoms with Gasteiger partial charge in [0.25, 0.3) is 5.91 Å². The van der Waals surface area contributed by atoms with Crippen molar-refractivity contribution in [3.63, 3.8) is 0 Å². The Hall–Kier alpha value is -2.96. The number of rotatable bonds is 3. The molecule has 1 aromatic heterocycles. The Labute approximate surface area is 137 Å². The predicted molar refractivity (Wildman–Crippen MR) is 84.8 cm³/mol. The van der Waals surface area contributed by atoms with Gasteiger partial charge in [0.2, 0.25) is 0 Å². The molecule has 1 aliphatic rings. The minimum Gasteiger partial charge on any atom is -0.481 e. The highest BCUT2D eigenvalue weighted by molar-refractivity contribution is 5.94. The summed E-state index contributed by atoms with van der Waals surface area (Å²) in [4.78, 5) is 29.5. The standard InChI is InChI=1S/C17H16FN3O3/c18-12-4-1-10(2-5-12)13-8-21(9-14(13)17(23)24)16(22)11-3-6-15(19)20-7-11/h1-7,13-14H,8-9H2,(H2,19,20)(H,23,24)/t13-,14+/m0/s1. The molecule has 3 rings (SSSR count). The van der Waals surface area contributed by atoms with Crippen LogP contribution in [0.4, 0.5) is 10.2 Å². The molecule has 0 saturated carbocycles. The van der Waals surface area contributed by atoms with Crippen LogP contribution in [0.2, 0.25) is 0 Å². The molecule has 2 atom stereocenters. The lowest BCUT2D eigenvalue weighted by Gasteiger charge is -2.16. The molecule has 24 heavy (non-hydrogen) atoms. The molecular weight excluding hydrogens is 313 g/mol. The molecule has 0 radical (unpaired) electrons. The van der Waals surface area contributed by atoms with Gasteiger partial charge in [-0.25, -0.2) is 9.37 Å². The number of aromatic nitrogens is 1. The number of halogens is 1. The maximum atomic E-state index is 13.1. The quantitative estimate of drug-likeness (QED) is 0.894. The lowest BCUT2D eigenvalue weighted by molar-refractivity contribution is -0.141. The maximum absolute atomic E-state index is 13.1. The number of carboxylic acid groups (broad SMARTS) is 1. The van der Waals surface area contributed by atoms with Crippen LogP contribution in [-0.2, 0) is 4.79 Å². The number of nitrogen functional groups attached to an aromatic ring is 1. The fourth-order valence-corrected chi connectivity index (χ4v) is 2.98. The number of pyridine rings is 1. The Morgan fingerprint density at radius 3 is 2.46 bits per heavy atom. The van der Waals surface area contributed by atoms with E-state index in [9.17, 15) is 19.1 Å². The van der Waals surface area contributed by atoms with Crippen LogP contribution in [0.1, 0.15) is 21.8 Å². The van der Waals surface area contributed by atoms with Gasteiger partial charge in [-0.15, -0.1) is 0 Å². The SMILES string of the molecule is Nc1ccc(C(=O)N2C[C@@H](C(=O)O)[C@H](c3ccc(F)cc3)C2)cn1. The monoisotopic (exact) mass is 329 g/mol. The molecule has 124 valence electrons. The predicted octanol–water partition coefficient (Wildman–Crippen LogP) is 1.74. The number of anilines is 1. The summed E-state index contributed by atoms with van der Waals surface area (Å²) in [6.45, 7) is 0.354. The Morgan fingerprint density at radius 2 is 1.88 bits per heavy atom. The van der Waals surface area contributed by atoms with Gasteiger partial charge in [0, 0.05) is 25.2 Å². The minimum atomic E-state index is -0.977. The van der Waals surface area contributed by atoms with Crippen molar-refractivity contribution in [2.24, 2.45) is 5.92 Å². The molecule has 1 amide bonds. The van der Waals surface area contributed by atoms with E-state index in [0.717, 1.165) is 0 Å². The highest BCUT2D eigenvalue weighted by atomic mass is 19.1. The Morgan fingerprint density at radius 1 is 1.17 bits per heavy atom. The van der Waals surface area contributed by atoms with Crippen molar-refractivity contribution >= 4 is 17.7 Å². The highest BCUT2D eigenvalue weighted by Crippen LogP contribution is 2.33. The van der Waals surface area contributed by atoms with Gasteiger partial charge in [-0.3, -0.25) is 9.59 Å². The second-order valence-corrected chi connectivity index (χ2v) is 5.78. The van der Waals surface area contributed by atoms with E-state index in [0.29, 0.717) is 16.9 Å². The minimum absolute atomic E-state index is 0.0978. The number of carbonyl (C=O) groups is 2. The zero-order valence-corrected chi connectivity index (χ0v) is 12.7. The summed E-state index contributed by atoms with van der Waals surface area (Å²) in [6, 6.07) is 8.80. The summed E-state index contributed by atoms with van der Waals surface area (Å²) in [6.07, 6.45) is 1.37. The van der Waals surface area contributed by atoms with Crippen LogP contribution in [0.15, 0.2) is 42.6 Å². The third-order valence-corrected chi connectivity index (χ3v) is 4.26. The van der Waals surface area contributed by atoms with Crippen LogP contribution in [0.25, 0.3) is 0 Å². The smallest absolute Gasteiger partial charge is 0.308 e. The normalized spacial score (nSPS) is 20.1. The summed E-state index contributed by atoms with van der Waals surface area (Å²) in [7, 11) is 0. The number of amides is 1. The van der Waals surface area contributed by atoms with Crippen molar-refractivity contribution in [2.75, 3.05) is 18.8 Å². The molecule has 7 heteroatoms. The molecule has 2 heterocycles. The molecule has 3 N–H and O–H groups in total. The molecule has 0 spiro atoms. The van der Waals surface area contributed by atoms with Gasteiger partial charge in [-0.1, -0.05) is 12.1 Å². The van der Waals surface area contributed by atoms with Crippen LogP contribution in [0.3, 0.4) is 0 Å². The number of nitrogens with two attached hydrogens (primary N) is 1. The Balaban J connectivity index is 1.84. The first kappa shape index (κ1) is 15.9. The number of carboxylic acids is 1. The molecule has 2 aromatic rings. The zero-order valence-electron chi connectivity index (χ0n) is 12.7. The molecule has 0 bridgehead atoms. The average molecular weight is 329 g/mol. The van der Waals surface area contributed by atoms with Gasteiger partial charge in [0.05, 0.1) is 11.5 Å². The molecular formula is C17H16FN3O3. The molecule has 1 aromatic carbocycles. The third-order valence-electron chi connectivity index (χ3n) is 4.26. The van der Waals surface area contributed by atoms with Crippen molar-refractivity contribution in [3.8, 4) is 0 Å². The Bertz CT molecular complexity index is 762. The molecule has 1 aliphatic heterocycles. The average Bonchev–Trinajstić information content (AvgIpc) is 3.01. The lowest BCUT2D eigenvalue weighted by Crippen LogP contribution is -2.30. The Kier molecular flexibility index (Phi) is 4.16. The molecule has 1 fully saturated rings. The van der Waals surface area contributed by atoms with Crippen LogP contribution in [0, 0.1) is 11.7 Å². The van der Waals surface area contributed by atoms with E-state index >= 15 is 0 Å².